The molecule has 3 aromatic heterocycles. The minimum absolute atomic E-state index is 0.160. The number of hydrogen-bond acceptors (Lipinski definition) is 6. The Labute approximate surface area is 218 Å². The first-order valence-electron chi connectivity index (χ1n) is 12.1. The Morgan fingerprint density at radius 1 is 1.16 bits per heavy atom. The van der Waals surface area contributed by atoms with Crippen LogP contribution in [0, 0.1) is 6.92 Å². The second kappa shape index (κ2) is 9.44. The van der Waals surface area contributed by atoms with E-state index in [9.17, 15) is 9.59 Å². The van der Waals surface area contributed by atoms with Gasteiger partial charge in [0, 0.05) is 0 Å². The third-order valence-electron chi connectivity index (χ3n) is 6.65. The number of nitrogens with zero attached hydrogens (tertiary/aromatic N) is 3. The summed E-state index contributed by atoms with van der Waals surface area (Å²) in [6.07, 6.45) is 5.33. The Morgan fingerprint density at radius 2 is 2.00 bits per heavy atom. The summed E-state index contributed by atoms with van der Waals surface area (Å²) in [5.41, 5.74) is 3.15. The molecule has 0 saturated heterocycles. The van der Waals surface area contributed by atoms with Gasteiger partial charge in [0.2, 0.25) is 5.88 Å². The number of hydrogen-bond donors (Lipinski definition) is 2. The molecule has 6 rings (SSSR count). The molecule has 1 aromatic carbocycles. The van der Waals surface area contributed by atoms with E-state index in [4.69, 9.17) is 12.2 Å². The molecule has 183 valence electrons. The third kappa shape index (κ3) is 4.27. The van der Waals surface area contributed by atoms with Crippen LogP contribution in [0.4, 0.5) is 21.9 Å². The third-order valence-corrected chi connectivity index (χ3v) is 7.75. The van der Waals surface area contributed by atoms with Crippen molar-refractivity contribution in [3.05, 3.63) is 65.3 Å². The number of thiophene rings is 1. The summed E-state index contributed by atoms with van der Waals surface area (Å²) in [6.45, 7) is 1.83. The van der Waals surface area contributed by atoms with Crippen molar-refractivity contribution in [1.82, 2.24) is 15.3 Å². The number of urea groups is 1. The van der Waals surface area contributed by atoms with Gasteiger partial charge in [0.15, 0.2) is 0 Å². The Kier molecular flexibility index (Phi) is 5.96. The van der Waals surface area contributed by atoms with Gasteiger partial charge in [-0.25, -0.2) is 0 Å². The molecule has 10 heteroatoms. The molecule has 1 radical (unpaired) electrons. The molecule has 0 spiro atoms. The Bertz CT molecular complexity index is 1550. The van der Waals surface area contributed by atoms with Crippen LogP contribution < -0.4 is 20.3 Å². The zero-order chi connectivity index (χ0) is 25.5. The normalized spacial score (nSPS) is 17.0. The first-order chi connectivity index (χ1) is 18.0. The average molecular weight is 508 g/mol. The fourth-order valence-corrected chi connectivity index (χ4v) is 5.86. The molecule has 1 atom stereocenters. The van der Waals surface area contributed by atoms with E-state index >= 15 is 0 Å². The first kappa shape index (κ1) is 23.4. The van der Waals surface area contributed by atoms with Gasteiger partial charge in [0.05, 0.1) is 0 Å². The molecule has 1 aliphatic carbocycles. The van der Waals surface area contributed by atoms with E-state index < -0.39 is 0 Å². The molecular weight excluding hydrogens is 485 g/mol. The van der Waals surface area contributed by atoms with Crippen LogP contribution in [0.3, 0.4) is 0 Å². The fraction of sp³-hybridized carbons (Fsp3) is 0.222. The van der Waals surface area contributed by atoms with Crippen molar-refractivity contribution in [2.75, 3.05) is 10.2 Å². The standard InChI is InChI=1S/C27H23BN5O3S/c1-15-19(11-12-21(30-15)36-16-7-3-2-4-8-16)33-20-13-14-29-26-22(20)23(32-27(33)35)24(37-26)25(34)31-18-10-6-5-9-17(18)28/h2-4,7-8,11-14,18H,5-6,9-10H2,1H3,(H,31,34)(H,32,35)/t18-/m1/s1. The van der Waals surface area contributed by atoms with Crippen LogP contribution in [-0.2, 0) is 0 Å². The SMILES string of the molecule is [B]=C1CCCC[C@H]1NC(=O)c1sc2nccc3c2c1NC(=O)N3c1ccc(Oc2ccccc2)nc1C. The number of para-hydroxylation sites is 1. The first-order valence-corrected chi connectivity index (χ1v) is 13.0. The van der Waals surface area contributed by atoms with Crippen molar-refractivity contribution in [3.8, 4) is 11.6 Å². The minimum atomic E-state index is -0.377. The van der Waals surface area contributed by atoms with E-state index in [1.54, 1.807) is 29.3 Å². The number of aryl methyl sites for hydroxylation is 1. The van der Waals surface area contributed by atoms with Crippen LogP contribution >= 0.6 is 11.3 Å². The van der Waals surface area contributed by atoms with Gasteiger partial charge in [-0.05, 0) is 12.1 Å². The maximum atomic E-state index is 13.4. The van der Waals surface area contributed by atoms with Gasteiger partial charge in [-0.3, -0.25) is 0 Å². The molecule has 3 amide bonds. The predicted molar refractivity (Wildman–Crippen MR) is 147 cm³/mol. The fourth-order valence-electron chi connectivity index (χ4n) is 4.84. The van der Waals surface area contributed by atoms with E-state index in [2.05, 4.69) is 20.6 Å². The zero-order valence-corrected chi connectivity index (χ0v) is 21.0. The predicted octanol–water partition coefficient (Wildman–Crippen LogP) is 5.49. The molecule has 0 unspecified atom stereocenters. The molecule has 2 aliphatic rings. The maximum absolute atomic E-state index is 13.4. The van der Waals surface area contributed by atoms with E-state index in [1.807, 2.05) is 37.3 Å². The van der Waals surface area contributed by atoms with Gasteiger partial charge in [0.25, 0.3) is 0 Å². The summed E-state index contributed by atoms with van der Waals surface area (Å²) in [6, 6.07) is 14.2. The second-order valence-corrected chi connectivity index (χ2v) is 10.1. The number of amides is 3. The van der Waals surface area contributed by atoms with E-state index in [1.165, 1.54) is 11.3 Å². The molecule has 8 nitrogen and oxygen atoms in total. The van der Waals surface area contributed by atoms with Crippen molar-refractivity contribution in [1.29, 1.82) is 0 Å². The molecule has 1 aliphatic heterocycles. The molecule has 4 heterocycles. The Hall–Kier alpha value is -4.05. The van der Waals surface area contributed by atoms with Crippen molar-refractivity contribution in [3.63, 3.8) is 0 Å². The van der Waals surface area contributed by atoms with Gasteiger partial charge >= 0.3 is 172 Å². The van der Waals surface area contributed by atoms with E-state index in [-0.39, 0.29) is 18.0 Å². The van der Waals surface area contributed by atoms with Crippen molar-refractivity contribution < 1.29 is 14.3 Å². The summed E-state index contributed by atoms with van der Waals surface area (Å²) in [4.78, 5) is 38.4. The van der Waals surface area contributed by atoms with Gasteiger partial charge in [0.1, 0.15) is 5.75 Å². The number of ether oxygens (including phenoxy) is 1. The summed E-state index contributed by atoms with van der Waals surface area (Å²) >= 11 is 1.26. The number of rotatable bonds is 5. The van der Waals surface area contributed by atoms with Crippen LogP contribution in [0.5, 0.6) is 11.6 Å². The number of aromatic nitrogens is 2. The van der Waals surface area contributed by atoms with Crippen molar-refractivity contribution in [2.24, 2.45) is 0 Å². The second-order valence-electron chi connectivity index (χ2n) is 9.10. The molecule has 1 fully saturated rings. The van der Waals surface area contributed by atoms with Gasteiger partial charge in [-0.15, -0.1) is 0 Å². The summed E-state index contributed by atoms with van der Waals surface area (Å²) in [5, 5.41) is 6.71. The van der Waals surface area contributed by atoms with Crippen LogP contribution in [0.25, 0.3) is 10.2 Å². The van der Waals surface area contributed by atoms with Crippen LogP contribution in [0.2, 0.25) is 0 Å². The molecule has 2 N–H and O–H groups in total. The number of carbonyl (C=O) groups excluding carboxylic acids is 2. The number of benzene rings is 1. The number of pyridine rings is 2. The van der Waals surface area contributed by atoms with E-state index in [0.29, 0.717) is 44.1 Å². The molecule has 37 heavy (non-hydrogen) atoms. The Balaban J connectivity index is 1.34. The zero-order valence-electron chi connectivity index (χ0n) is 20.2. The topological polar surface area (TPSA) is 96.5 Å². The average Bonchev–Trinajstić information content (AvgIpc) is 3.26. The van der Waals surface area contributed by atoms with Crippen LogP contribution in [-0.4, -0.2) is 40.9 Å². The number of carbonyl (C=O) groups is 2. The van der Waals surface area contributed by atoms with Gasteiger partial charge in [-0.1, -0.05) is 18.2 Å². The molecule has 1 saturated carbocycles. The Morgan fingerprint density at radius 3 is 2.78 bits per heavy atom. The number of nitrogens with one attached hydrogen (secondary N) is 2. The van der Waals surface area contributed by atoms with Gasteiger partial charge < -0.3 is 4.74 Å². The van der Waals surface area contributed by atoms with E-state index in [0.717, 1.165) is 36.5 Å². The summed E-state index contributed by atoms with van der Waals surface area (Å²) in [5.74, 6) is 0.849. The quantitative estimate of drug-likeness (QED) is 0.348. The summed E-state index contributed by atoms with van der Waals surface area (Å²) in [7, 11) is 6.16. The monoisotopic (exact) mass is 508 g/mol. The van der Waals surface area contributed by atoms with Gasteiger partial charge in [-0.2, -0.15) is 0 Å². The molecule has 4 aromatic rings. The number of anilines is 3. The molecule has 0 bridgehead atoms. The van der Waals surface area contributed by atoms with Crippen molar-refractivity contribution in [2.45, 2.75) is 38.6 Å². The van der Waals surface area contributed by atoms with Crippen LogP contribution in [0.15, 0.2) is 54.7 Å². The summed E-state index contributed by atoms with van der Waals surface area (Å²) < 4.78 is 5.85. The van der Waals surface area contributed by atoms with Crippen LogP contribution in [0.1, 0.15) is 41.0 Å². The van der Waals surface area contributed by atoms with Crippen molar-refractivity contribution >= 4 is 63.5 Å². The molecular formula is C27H23BN5O3S.